The SMILES string of the molecule is Cc1ccc(C2COC(C3CCC(C=CCl)CC3)OC2)cc1. The first-order valence-corrected chi connectivity index (χ1v) is 8.76. The van der Waals surface area contributed by atoms with Crippen molar-refractivity contribution in [3.63, 3.8) is 0 Å². The summed E-state index contributed by atoms with van der Waals surface area (Å²) in [5, 5.41) is 0. The molecular weight excluding hydrogens is 296 g/mol. The molecule has 0 spiro atoms. The first-order chi connectivity index (χ1) is 10.8. The molecule has 0 unspecified atom stereocenters. The number of benzene rings is 1. The highest BCUT2D eigenvalue weighted by atomic mass is 35.5. The van der Waals surface area contributed by atoms with Crippen LogP contribution < -0.4 is 0 Å². The second kappa shape index (κ2) is 7.63. The van der Waals surface area contributed by atoms with Crippen molar-refractivity contribution in [2.75, 3.05) is 13.2 Å². The summed E-state index contributed by atoms with van der Waals surface area (Å²) in [6.45, 7) is 3.66. The number of allylic oxidation sites excluding steroid dienone is 1. The second-order valence-electron chi connectivity index (χ2n) is 6.64. The van der Waals surface area contributed by atoms with Crippen LogP contribution in [0.1, 0.15) is 42.7 Å². The molecule has 3 rings (SSSR count). The van der Waals surface area contributed by atoms with Crippen molar-refractivity contribution in [2.24, 2.45) is 11.8 Å². The van der Waals surface area contributed by atoms with Gasteiger partial charge in [0.05, 0.1) is 13.2 Å². The number of rotatable bonds is 3. The minimum atomic E-state index is -0.0115. The summed E-state index contributed by atoms with van der Waals surface area (Å²) in [6, 6.07) is 8.70. The molecule has 1 heterocycles. The van der Waals surface area contributed by atoms with E-state index in [1.165, 1.54) is 36.8 Å². The van der Waals surface area contributed by atoms with Gasteiger partial charge in [0.1, 0.15) is 0 Å². The number of hydrogen-bond donors (Lipinski definition) is 0. The fraction of sp³-hybridized carbons (Fsp3) is 0.579. The van der Waals surface area contributed by atoms with Crippen LogP contribution >= 0.6 is 11.6 Å². The molecule has 1 aromatic carbocycles. The van der Waals surface area contributed by atoms with Crippen molar-refractivity contribution in [1.82, 2.24) is 0 Å². The lowest BCUT2D eigenvalue weighted by Gasteiger charge is -2.37. The zero-order valence-corrected chi connectivity index (χ0v) is 14.0. The van der Waals surface area contributed by atoms with Crippen molar-refractivity contribution in [3.8, 4) is 0 Å². The zero-order valence-electron chi connectivity index (χ0n) is 13.2. The van der Waals surface area contributed by atoms with Gasteiger partial charge in [-0.1, -0.05) is 47.5 Å². The van der Waals surface area contributed by atoms with Crippen LogP contribution in [0.25, 0.3) is 0 Å². The zero-order chi connectivity index (χ0) is 15.4. The summed E-state index contributed by atoms with van der Waals surface area (Å²) in [6.07, 6.45) is 6.84. The molecule has 0 radical (unpaired) electrons. The average molecular weight is 321 g/mol. The van der Waals surface area contributed by atoms with Gasteiger partial charge in [-0.05, 0) is 44.1 Å². The lowest BCUT2D eigenvalue weighted by atomic mass is 9.81. The predicted octanol–water partition coefficient (Wildman–Crippen LogP) is 5.01. The van der Waals surface area contributed by atoms with E-state index in [0.717, 1.165) is 13.2 Å². The Balaban J connectivity index is 1.49. The molecule has 120 valence electrons. The Kier molecular flexibility index (Phi) is 5.56. The van der Waals surface area contributed by atoms with E-state index >= 15 is 0 Å². The van der Waals surface area contributed by atoms with Crippen LogP contribution in [0.15, 0.2) is 35.9 Å². The molecule has 2 fully saturated rings. The van der Waals surface area contributed by atoms with Gasteiger partial charge in [-0.3, -0.25) is 0 Å². The molecule has 1 aromatic rings. The minimum absolute atomic E-state index is 0.0115. The lowest BCUT2D eigenvalue weighted by Crippen LogP contribution is -2.37. The smallest absolute Gasteiger partial charge is 0.160 e. The second-order valence-corrected chi connectivity index (χ2v) is 6.89. The average Bonchev–Trinajstić information content (AvgIpc) is 2.57. The molecular formula is C19H25ClO2. The molecule has 0 amide bonds. The summed E-state index contributed by atoms with van der Waals surface area (Å²) >= 11 is 5.67. The molecule has 0 aromatic heterocycles. The summed E-state index contributed by atoms with van der Waals surface area (Å²) < 4.78 is 12.1. The van der Waals surface area contributed by atoms with Crippen molar-refractivity contribution < 1.29 is 9.47 Å². The Morgan fingerprint density at radius 1 is 1.00 bits per heavy atom. The van der Waals surface area contributed by atoms with E-state index in [4.69, 9.17) is 21.1 Å². The largest absolute Gasteiger partial charge is 0.352 e. The highest BCUT2D eigenvalue weighted by molar-refractivity contribution is 6.25. The summed E-state index contributed by atoms with van der Waals surface area (Å²) in [5.74, 6) is 1.55. The Labute approximate surface area is 138 Å². The summed E-state index contributed by atoms with van der Waals surface area (Å²) in [4.78, 5) is 0. The number of halogens is 1. The van der Waals surface area contributed by atoms with E-state index in [0.29, 0.717) is 17.8 Å². The molecule has 0 atom stereocenters. The van der Waals surface area contributed by atoms with Gasteiger partial charge in [0.15, 0.2) is 6.29 Å². The Morgan fingerprint density at radius 3 is 2.23 bits per heavy atom. The maximum Gasteiger partial charge on any atom is 0.160 e. The molecule has 1 aliphatic carbocycles. The molecule has 1 aliphatic heterocycles. The Hall–Kier alpha value is -0.830. The number of aryl methyl sites for hydroxylation is 1. The molecule has 3 heteroatoms. The molecule has 2 nitrogen and oxygen atoms in total. The van der Waals surface area contributed by atoms with Crippen LogP contribution in [0.3, 0.4) is 0 Å². The van der Waals surface area contributed by atoms with Gasteiger partial charge in [0, 0.05) is 17.4 Å². The van der Waals surface area contributed by atoms with E-state index < -0.39 is 0 Å². The highest BCUT2D eigenvalue weighted by Gasteiger charge is 2.32. The van der Waals surface area contributed by atoms with Gasteiger partial charge in [0.25, 0.3) is 0 Å². The highest BCUT2D eigenvalue weighted by Crippen LogP contribution is 2.35. The topological polar surface area (TPSA) is 18.5 Å². The first-order valence-electron chi connectivity index (χ1n) is 8.33. The number of ether oxygens (including phenoxy) is 2. The van der Waals surface area contributed by atoms with Crippen molar-refractivity contribution in [2.45, 2.75) is 44.8 Å². The monoisotopic (exact) mass is 320 g/mol. The Morgan fingerprint density at radius 2 is 1.64 bits per heavy atom. The lowest BCUT2D eigenvalue weighted by molar-refractivity contribution is -0.217. The minimum Gasteiger partial charge on any atom is -0.352 e. The molecule has 0 N–H and O–H groups in total. The normalized spacial score (nSPS) is 33.2. The molecule has 0 bridgehead atoms. The molecule has 22 heavy (non-hydrogen) atoms. The van der Waals surface area contributed by atoms with Crippen LogP contribution in [-0.2, 0) is 9.47 Å². The first kappa shape index (κ1) is 16.0. The van der Waals surface area contributed by atoms with Crippen molar-refractivity contribution >= 4 is 11.6 Å². The van der Waals surface area contributed by atoms with E-state index in [-0.39, 0.29) is 6.29 Å². The van der Waals surface area contributed by atoms with Crippen LogP contribution in [0.4, 0.5) is 0 Å². The quantitative estimate of drug-likeness (QED) is 0.779. The van der Waals surface area contributed by atoms with E-state index in [1.807, 2.05) is 0 Å². The van der Waals surface area contributed by atoms with E-state index in [2.05, 4.69) is 37.3 Å². The predicted molar refractivity (Wildman–Crippen MR) is 90.1 cm³/mol. The Bertz CT molecular complexity index is 481. The van der Waals surface area contributed by atoms with Gasteiger partial charge < -0.3 is 9.47 Å². The van der Waals surface area contributed by atoms with Crippen molar-refractivity contribution in [1.29, 1.82) is 0 Å². The fourth-order valence-electron chi connectivity index (χ4n) is 3.53. The molecule has 1 saturated heterocycles. The van der Waals surface area contributed by atoms with Gasteiger partial charge in [-0.25, -0.2) is 0 Å². The third-order valence-corrected chi connectivity index (χ3v) is 5.16. The third kappa shape index (κ3) is 3.92. The van der Waals surface area contributed by atoms with Gasteiger partial charge in [-0.2, -0.15) is 0 Å². The van der Waals surface area contributed by atoms with Gasteiger partial charge in [-0.15, -0.1) is 0 Å². The van der Waals surface area contributed by atoms with E-state index in [1.54, 1.807) is 5.54 Å². The molecule has 2 aliphatic rings. The maximum atomic E-state index is 6.04. The molecule has 1 saturated carbocycles. The summed E-state index contributed by atoms with van der Waals surface area (Å²) in [7, 11) is 0. The fourth-order valence-corrected chi connectivity index (χ4v) is 3.74. The van der Waals surface area contributed by atoms with Crippen molar-refractivity contribution in [3.05, 3.63) is 47.0 Å². The third-order valence-electron chi connectivity index (χ3n) is 5.02. The maximum absolute atomic E-state index is 6.04. The van der Waals surface area contributed by atoms with Crippen LogP contribution in [0.2, 0.25) is 0 Å². The van der Waals surface area contributed by atoms with Crippen LogP contribution in [-0.4, -0.2) is 19.5 Å². The standard InChI is InChI=1S/C19H25ClO2/c1-14-2-6-16(7-3-14)18-12-21-19(22-13-18)17-8-4-15(5-9-17)10-11-20/h2-3,6-7,10-11,15,17-19H,4-5,8-9,12-13H2,1H3. The van der Waals surface area contributed by atoms with Gasteiger partial charge >= 0.3 is 0 Å². The van der Waals surface area contributed by atoms with E-state index in [9.17, 15) is 0 Å². The number of hydrogen-bond acceptors (Lipinski definition) is 2. The summed E-state index contributed by atoms with van der Waals surface area (Å²) in [5.41, 5.74) is 4.27. The van der Waals surface area contributed by atoms with Crippen LogP contribution in [0.5, 0.6) is 0 Å². The van der Waals surface area contributed by atoms with Gasteiger partial charge in [0.2, 0.25) is 0 Å². The van der Waals surface area contributed by atoms with Crippen LogP contribution in [0, 0.1) is 18.8 Å².